The fraction of sp³-hybridized carbons (Fsp3) is 0.0714. The topological polar surface area (TPSA) is 38.3 Å². The van der Waals surface area contributed by atoms with E-state index in [9.17, 15) is 4.79 Å². The lowest BCUT2D eigenvalue weighted by Gasteiger charge is -2.10. The lowest BCUT2D eigenvalue weighted by atomic mass is 10.3. The van der Waals surface area contributed by atoms with E-state index in [0.29, 0.717) is 31.5 Å². The molecule has 110 valence electrons. The van der Waals surface area contributed by atoms with Crippen molar-refractivity contribution < 1.29 is 9.53 Å². The third-order valence-corrected chi connectivity index (χ3v) is 3.55. The zero-order valence-electron chi connectivity index (χ0n) is 10.5. The number of hydrogen-bond donors (Lipinski definition) is 1. The molecule has 0 aliphatic carbocycles. The molecule has 0 bridgehead atoms. The Labute approximate surface area is 141 Å². The van der Waals surface area contributed by atoms with Gasteiger partial charge in [-0.05, 0) is 36.4 Å². The van der Waals surface area contributed by atoms with Gasteiger partial charge in [-0.2, -0.15) is 0 Å². The van der Waals surface area contributed by atoms with Crippen LogP contribution < -0.4 is 10.1 Å². The fourth-order valence-electron chi connectivity index (χ4n) is 1.52. The summed E-state index contributed by atoms with van der Waals surface area (Å²) in [5.41, 5.74) is 0.417. The second-order valence-electron chi connectivity index (χ2n) is 4.04. The van der Waals surface area contributed by atoms with Crippen molar-refractivity contribution in [3.8, 4) is 5.75 Å². The van der Waals surface area contributed by atoms with Crippen LogP contribution in [0.15, 0.2) is 36.4 Å². The molecule has 0 heterocycles. The Morgan fingerprint density at radius 1 is 0.952 bits per heavy atom. The first-order valence-electron chi connectivity index (χ1n) is 5.78. The number of nitrogens with one attached hydrogen (secondary N) is 1. The van der Waals surface area contributed by atoms with E-state index in [-0.39, 0.29) is 12.5 Å². The SMILES string of the molecule is O=C(COc1ccc(Cl)cc1Cl)Nc1cc(Cl)ccc1Cl. The molecule has 0 aromatic heterocycles. The maximum atomic E-state index is 11.8. The number of ether oxygens (including phenoxy) is 1. The average molecular weight is 365 g/mol. The molecular formula is C14H9Cl4NO2. The van der Waals surface area contributed by atoms with Gasteiger partial charge in [-0.15, -0.1) is 0 Å². The molecule has 2 aromatic rings. The molecule has 1 amide bonds. The number of hydrogen-bond acceptors (Lipinski definition) is 2. The van der Waals surface area contributed by atoms with Gasteiger partial charge in [0.05, 0.1) is 15.7 Å². The van der Waals surface area contributed by atoms with Gasteiger partial charge in [0.2, 0.25) is 0 Å². The highest BCUT2D eigenvalue weighted by atomic mass is 35.5. The summed E-state index contributed by atoms with van der Waals surface area (Å²) < 4.78 is 5.32. The van der Waals surface area contributed by atoms with Crippen molar-refractivity contribution in [3.63, 3.8) is 0 Å². The first-order chi connectivity index (χ1) is 9.95. The highest BCUT2D eigenvalue weighted by Crippen LogP contribution is 2.28. The van der Waals surface area contributed by atoms with Crippen LogP contribution in [0.3, 0.4) is 0 Å². The molecule has 0 radical (unpaired) electrons. The summed E-state index contributed by atoms with van der Waals surface area (Å²) >= 11 is 23.5. The summed E-state index contributed by atoms with van der Waals surface area (Å²) in [7, 11) is 0. The average Bonchev–Trinajstić information content (AvgIpc) is 2.42. The molecule has 0 atom stereocenters. The normalized spacial score (nSPS) is 10.3. The molecule has 0 saturated carbocycles. The van der Waals surface area contributed by atoms with Crippen LogP contribution in [0.25, 0.3) is 0 Å². The number of halogens is 4. The van der Waals surface area contributed by atoms with Crippen molar-refractivity contribution in [2.75, 3.05) is 11.9 Å². The molecule has 7 heteroatoms. The Morgan fingerprint density at radius 2 is 1.62 bits per heavy atom. The highest BCUT2D eigenvalue weighted by Gasteiger charge is 2.09. The third-order valence-electron chi connectivity index (χ3n) is 2.46. The standard InChI is InChI=1S/C14H9Cl4NO2/c15-8-2-4-13(11(18)5-8)21-7-14(20)19-12-6-9(16)1-3-10(12)17/h1-6H,7H2,(H,19,20). The maximum absolute atomic E-state index is 11.8. The van der Waals surface area contributed by atoms with Crippen molar-refractivity contribution in [3.05, 3.63) is 56.5 Å². The number of carbonyl (C=O) groups excluding carboxylic acids is 1. The van der Waals surface area contributed by atoms with Gasteiger partial charge in [0.1, 0.15) is 5.75 Å². The van der Waals surface area contributed by atoms with E-state index in [1.807, 2.05) is 0 Å². The maximum Gasteiger partial charge on any atom is 0.262 e. The van der Waals surface area contributed by atoms with Crippen molar-refractivity contribution in [2.24, 2.45) is 0 Å². The summed E-state index contributed by atoms with van der Waals surface area (Å²) in [5.74, 6) is -0.0152. The van der Waals surface area contributed by atoms with Crippen LogP contribution in [0.4, 0.5) is 5.69 Å². The summed E-state index contributed by atoms with van der Waals surface area (Å²) in [4.78, 5) is 11.8. The number of amides is 1. The quantitative estimate of drug-likeness (QED) is 0.797. The van der Waals surface area contributed by atoms with E-state index >= 15 is 0 Å². The fourth-order valence-corrected chi connectivity index (χ4v) is 2.32. The summed E-state index contributed by atoms with van der Waals surface area (Å²) in [6.45, 7) is -0.218. The lowest BCUT2D eigenvalue weighted by Crippen LogP contribution is -2.20. The lowest BCUT2D eigenvalue weighted by molar-refractivity contribution is -0.118. The van der Waals surface area contributed by atoms with Gasteiger partial charge in [-0.3, -0.25) is 4.79 Å². The van der Waals surface area contributed by atoms with Crippen LogP contribution in [0.5, 0.6) is 5.75 Å². The number of rotatable bonds is 4. The van der Waals surface area contributed by atoms with Crippen LogP contribution in [-0.2, 0) is 4.79 Å². The molecule has 0 aliphatic rings. The summed E-state index contributed by atoms with van der Waals surface area (Å²) in [6, 6.07) is 9.51. The van der Waals surface area contributed by atoms with E-state index < -0.39 is 0 Å². The Hall–Kier alpha value is -1.13. The molecule has 2 rings (SSSR count). The Balaban J connectivity index is 1.97. The van der Waals surface area contributed by atoms with Crippen LogP contribution in [0.2, 0.25) is 20.1 Å². The molecule has 2 aromatic carbocycles. The first kappa shape index (κ1) is 16.2. The summed E-state index contributed by atoms with van der Waals surface area (Å²) in [6.07, 6.45) is 0. The van der Waals surface area contributed by atoms with Crippen LogP contribution in [0.1, 0.15) is 0 Å². The molecule has 0 saturated heterocycles. The predicted molar refractivity (Wildman–Crippen MR) is 87.0 cm³/mol. The van der Waals surface area contributed by atoms with E-state index in [2.05, 4.69) is 5.32 Å². The highest BCUT2D eigenvalue weighted by molar-refractivity contribution is 6.36. The van der Waals surface area contributed by atoms with Gasteiger partial charge >= 0.3 is 0 Å². The first-order valence-corrected chi connectivity index (χ1v) is 7.29. The van der Waals surface area contributed by atoms with Crippen molar-refractivity contribution in [1.82, 2.24) is 0 Å². The number of carbonyl (C=O) groups is 1. The monoisotopic (exact) mass is 363 g/mol. The van der Waals surface area contributed by atoms with Crippen LogP contribution in [-0.4, -0.2) is 12.5 Å². The largest absolute Gasteiger partial charge is 0.482 e. The minimum Gasteiger partial charge on any atom is -0.482 e. The van der Waals surface area contributed by atoms with Crippen LogP contribution in [0, 0.1) is 0 Å². The van der Waals surface area contributed by atoms with Crippen LogP contribution >= 0.6 is 46.4 Å². The van der Waals surface area contributed by atoms with E-state index in [1.54, 1.807) is 30.3 Å². The van der Waals surface area contributed by atoms with Gasteiger partial charge in [0, 0.05) is 10.0 Å². The van der Waals surface area contributed by atoms with Crippen molar-refractivity contribution in [2.45, 2.75) is 0 Å². The number of anilines is 1. The Bertz CT molecular complexity index is 676. The second kappa shape index (κ2) is 7.23. The zero-order valence-corrected chi connectivity index (χ0v) is 13.5. The van der Waals surface area contributed by atoms with E-state index in [1.165, 1.54) is 6.07 Å². The third kappa shape index (κ3) is 4.68. The summed E-state index contributed by atoms with van der Waals surface area (Å²) in [5, 5.41) is 4.28. The molecule has 0 spiro atoms. The minimum atomic E-state index is -0.384. The molecule has 3 nitrogen and oxygen atoms in total. The molecule has 0 unspecified atom stereocenters. The molecule has 0 fully saturated rings. The van der Waals surface area contributed by atoms with E-state index in [0.717, 1.165) is 0 Å². The minimum absolute atomic E-state index is 0.218. The predicted octanol–water partition coefficient (Wildman–Crippen LogP) is 5.32. The van der Waals surface area contributed by atoms with Crippen molar-refractivity contribution >= 4 is 58.0 Å². The van der Waals surface area contributed by atoms with E-state index in [4.69, 9.17) is 51.1 Å². The molecule has 0 aliphatic heterocycles. The van der Waals surface area contributed by atoms with Gasteiger partial charge in [0.25, 0.3) is 5.91 Å². The Morgan fingerprint density at radius 3 is 2.33 bits per heavy atom. The van der Waals surface area contributed by atoms with Gasteiger partial charge in [-0.1, -0.05) is 46.4 Å². The Kier molecular flexibility index (Phi) is 5.59. The van der Waals surface area contributed by atoms with Gasteiger partial charge in [-0.25, -0.2) is 0 Å². The molecule has 21 heavy (non-hydrogen) atoms. The number of benzene rings is 2. The smallest absolute Gasteiger partial charge is 0.262 e. The second-order valence-corrected chi connectivity index (χ2v) is 5.72. The molecule has 1 N–H and O–H groups in total. The van der Waals surface area contributed by atoms with Gasteiger partial charge < -0.3 is 10.1 Å². The zero-order chi connectivity index (χ0) is 15.4. The molecular weight excluding hydrogens is 356 g/mol. The van der Waals surface area contributed by atoms with Gasteiger partial charge in [0.15, 0.2) is 6.61 Å². The van der Waals surface area contributed by atoms with Crippen molar-refractivity contribution in [1.29, 1.82) is 0 Å².